The maximum absolute atomic E-state index is 5.99. The molecule has 1 aliphatic rings. The fourth-order valence-corrected chi connectivity index (χ4v) is 2.33. The minimum Gasteiger partial charge on any atom is -0.379 e. The van der Waals surface area contributed by atoms with E-state index in [1.165, 1.54) is 0 Å². The highest BCUT2D eigenvalue weighted by molar-refractivity contribution is 6.30. The van der Waals surface area contributed by atoms with E-state index in [4.69, 9.17) is 16.3 Å². The van der Waals surface area contributed by atoms with Crippen molar-refractivity contribution in [3.63, 3.8) is 0 Å². The predicted octanol–water partition coefficient (Wildman–Crippen LogP) is 1.26. The highest BCUT2D eigenvalue weighted by Crippen LogP contribution is 2.12. The first kappa shape index (κ1) is 11.9. The minimum atomic E-state index is 0.704. The molecule has 18 heavy (non-hydrogen) atoms. The molecule has 0 aromatic carbocycles. The number of halogens is 1. The Morgan fingerprint density at radius 1 is 1.22 bits per heavy atom. The zero-order valence-corrected chi connectivity index (χ0v) is 10.8. The summed E-state index contributed by atoms with van der Waals surface area (Å²) in [6.07, 6.45) is 2.74. The predicted molar refractivity (Wildman–Crippen MR) is 69.0 cm³/mol. The van der Waals surface area contributed by atoms with Crippen LogP contribution < -0.4 is 0 Å². The zero-order chi connectivity index (χ0) is 12.4. The van der Waals surface area contributed by atoms with Gasteiger partial charge in [-0.3, -0.25) is 9.30 Å². The molecule has 3 heterocycles. The quantitative estimate of drug-likeness (QED) is 0.839. The standard InChI is InChI=1S/C12H15ClN4O/c13-10-1-2-11-14-15-12(17(11)9-10)3-4-16-5-7-18-8-6-16/h1-2,9H,3-8H2. The van der Waals surface area contributed by atoms with Gasteiger partial charge in [-0.1, -0.05) is 11.6 Å². The topological polar surface area (TPSA) is 42.7 Å². The average Bonchev–Trinajstić information content (AvgIpc) is 2.80. The van der Waals surface area contributed by atoms with E-state index in [1.807, 2.05) is 22.7 Å². The third kappa shape index (κ3) is 2.48. The third-order valence-corrected chi connectivity index (χ3v) is 3.42. The van der Waals surface area contributed by atoms with Gasteiger partial charge >= 0.3 is 0 Å². The number of hydrogen-bond donors (Lipinski definition) is 0. The van der Waals surface area contributed by atoms with E-state index in [0.29, 0.717) is 5.02 Å². The lowest BCUT2D eigenvalue weighted by molar-refractivity contribution is 0.0382. The average molecular weight is 267 g/mol. The van der Waals surface area contributed by atoms with Crippen molar-refractivity contribution >= 4 is 17.2 Å². The largest absolute Gasteiger partial charge is 0.379 e. The molecule has 0 aliphatic carbocycles. The molecule has 0 bridgehead atoms. The molecule has 1 fully saturated rings. The van der Waals surface area contributed by atoms with Gasteiger partial charge in [-0.15, -0.1) is 10.2 Å². The van der Waals surface area contributed by atoms with Gasteiger partial charge < -0.3 is 4.74 Å². The number of fused-ring (bicyclic) bond motifs is 1. The van der Waals surface area contributed by atoms with Gasteiger partial charge in [0, 0.05) is 32.3 Å². The SMILES string of the molecule is Clc1ccc2nnc(CCN3CCOCC3)n2c1. The van der Waals surface area contributed by atoms with E-state index >= 15 is 0 Å². The number of pyridine rings is 1. The fraction of sp³-hybridized carbons (Fsp3) is 0.500. The Balaban J connectivity index is 1.72. The van der Waals surface area contributed by atoms with Crippen LogP contribution in [-0.4, -0.2) is 52.3 Å². The molecular formula is C12H15ClN4O. The summed E-state index contributed by atoms with van der Waals surface area (Å²) in [6.45, 7) is 4.63. The van der Waals surface area contributed by atoms with Gasteiger partial charge in [-0.05, 0) is 12.1 Å². The van der Waals surface area contributed by atoms with E-state index in [1.54, 1.807) is 0 Å². The van der Waals surface area contributed by atoms with Gasteiger partial charge in [0.2, 0.25) is 0 Å². The molecule has 96 valence electrons. The lowest BCUT2D eigenvalue weighted by Crippen LogP contribution is -2.37. The summed E-state index contributed by atoms with van der Waals surface area (Å²) in [4.78, 5) is 2.38. The molecule has 1 aliphatic heterocycles. The van der Waals surface area contributed by atoms with Crippen molar-refractivity contribution in [1.82, 2.24) is 19.5 Å². The number of nitrogens with zero attached hydrogens (tertiary/aromatic N) is 4. The molecule has 5 nitrogen and oxygen atoms in total. The Hall–Kier alpha value is -1.17. The first-order valence-corrected chi connectivity index (χ1v) is 6.50. The van der Waals surface area contributed by atoms with Crippen molar-refractivity contribution in [2.45, 2.75) is 6.42 Å². The number of rotatable bonds is 3. The van der Waals surface area contributed by atoms with Crippen LogP contribution in [0.25, 0.3) is 5.65 Å². The minimum absolute atomic E-state index is 0.704. The summed E-state index contributed by atoms with van der Waals surface area (Å²) >= 11 is 5.99. The molecule has 0 unspecified atom stereocenters. The highest BCUT2D eigenvalue weighted by Gasteiger charge is 2.12. The Bertz CT molecular complexity index is 536. The Morgan fingerprint density at radius 3 is 2.89 bits per heavy atom. The summed E-state index contributed by atoms with van der Waals surface area (Å²) in [5.41, 5.74) is 0.844. The molecule has 1 saturated heterocycles. The van der Waals surface area contributed by atoms with E-state index in [9.17, 15) is 0 Å². The van der Waals surface area contributed by atoms with Crippen molar-refractivity contribution in [2.75, 3.05) is 32.8 Å². The van der Waals surface area contributed by atoms with Gasteiger partial charge in [-0.25, -0.2) is 0 Å². The molecule has 6 heteroatoms. The second kappa shape index (κ2) is 5.22. The summed E-state index contributed by atoms with van der Waals surface area (Å²) in [7, 11) is 0. The first-order chi connectivity index (χ1) is 8.83. The summed E-state index contributed by atoms with van der Waals surface area (Å²) in [6, 6.07) is 3.71. The highest BCUT2D eigenvalue weighted by atomic mass is 35.5. The second-order valence-electron chi connectivity index (χ2n) is 4.40. The molecule has 0 atom stereocenters. The Morgan fingerprint density at radius 2 is 2.06 bits per heavy atom. The van der Waals surface area contributed by atoms with Crippen LogP contribution in [0.15, 0.2) is 18.3 Å². The normalized spacial score (nSPS) is 17.4. The zero-order valence-electron chi connectivity index (χ0n) is 10.0. The van der Waals surface area contributed by atoms with Crippen molar-refractivity contribution in [3.05, 3.63) is 29.2 Å². The van der Waals surface area contributed by atoms with Crippen LogP contribution in [0.1, 0.15) is 5.82 Å². The van der Waals surface area contributed by atoms with E-state index in [2.05, 4.69) is 15.1 Å². The lowest BCUT2D eigenvalue weighted by atomic mass is 10.3. The molecular weight excluding hydrogens is 252 g/mol. The first-order valence-electron chi connectivity index (χ1n) is 6.12. The number of ether oxygens (including phenoxy) is 1. The van der Waals surface area contributed by atoms with Gasteiger partial charge in [0.05, 0.1) is 18.2 Å². The number of aromatic nitrogens is 3. The van der Waals surface area contributed by atoms with Gasteiger partial charge in [0.1, 0.15) is 5.82 Å². The molecule has 2 aromatic rings. The Kier molecular flexibility index (Phi) is 3.45. The van der Waals surface area contributed by atoms with E-state index < -0.39 is 0 Å². The fourth-order valence-electron chi connectivity index (χ4n) is 2.17. The molecule has 0 amide bonds. The van der Waals surface area contributed by atoms with Crippen molar-refractivity contribution in [1.29, 1.82) is 0 Å². The van der Waals surface area contributed by atoms with Gasteiger partial charge in [0.15, 0.2) is 5.65 Å². The van der Waals surface area contributed by atoms with Gasteiger partial charge in [0.25, 0.3) is 0 Å². The van der Waals surface area contributed by atoms with Crippen molar-refractivity contribution in [2.24, 2.45) is 0 Å². The van der Waals surface area contributed by atoms with Crippen LogP contribution in [-0.2, 0) is 11.2 Å². The monoisotopic (exact) mass is 266 g/mol. The molecule has 2 aromatic heterocycles. The van der Waals surface area contributed by atoms with Crippen LogP contribution in [0.2, 0.25) is 5.02 Å². The number of morpholine rings is 1. The van der Waals surface area contributed by atoms with Crippen LogP contribution >= 0.6 is 11.6 Å². The van der Waals surface area contributed by atoms with Crippen LogP contribution in [0, 0.1) is 0 Å². The summed E-state index contributed by atoms with van der Waals surface area (Å²) in [5, 5.41) is 9.06. The number of hydrogen-bond acceptors (Lipinski definition) is 4. The van der Waals surface area contributed by atoms with Crippen LogP contribution in [0.5, 0.6) is 0 Å². The van der Waals surface area contributed by atoms with Crippen LogP contribution in [0.4, 0.5) is 0 Å². The van der Waals surface area contributed by atoms with Crippen molar-refractivity contribution < 1.29 is 4.74 Å². The molecule has 0 spiro atoms. The molecule has 0 saturated carbocycles. The Labute approximate surface area is 110 Å². The maximum Gasteiger partial charge on any atom is 0.160 e. The maximum atomic E-state index is 5.99. The summed E-state index contributed by atoms with van der Waals surface area (Å²) in [5.74, 6) is 0.957. The second-order valence-corrected chi connectivity index (χ2v) is 4.83. The van der Waals surface area contributed by atoms with Gasteiger partial charge in [-0.2, -0.15) is 0 Å². The van der Waals surface area contributed by atoms with E-state index in [0.717, 1.165) is 50.7 Å². The smallest absolute Gasteiger partial charge is 0.160 e. The molecule has 0 N–H and O–H groups in total. The van der Waals surface area contributed by atoms with Crippen molar-refractivity contribution in [3.8, 4) is 0 Å². The third-order valence-electron chi connectivity index (χ3n) is 3.19. The van der Waals surface area contributed by atoms with Crippen LogP contribution in [0.3, 0.4) is 0 Å². The van der Waals surface area contributed by atoms with E-state index in [-0.39, 0.29) is 0 Å². The molecule has 3 rings (SSSR count). The summed E-state index contributed by atoms with van der Waals surface area (Å²) < 4.78 is 7.29. The molecule has 0 radical (unpaired) electrons. The lowest BCUT2D eigenvalue weighted by Gasteiger charge is -2.26.